The molecule has 2 rings (SSSR count). The summed E-state index contributed by atoms with van der Waals surface area (Å²) in [5.74, 6) is 0.349. The lowest BCUT2D eigenvalue weighted by Crippen LogP contribution is -2.58. The molecule has 2 heterocycles. The average Bonchev–Trinajstić information content (AvgIpc) is 2.38. The van der Waals surface area contributed by atoms with Crippen LogP contribution in [0.15, 0.2) is 10.7 Å². The number of carbonyl (C=O) groups excluding carboxylic acids is 2. The van der Waals surface area contributed by atoms with Crippen molar-refractivity contribution in [3.63, 3.8) is 0 Å². The first-order chi connectivity index (χ1) is 9.06. The van der Waals surface area contributed by atoms with Crippen LogP contribution in [0.4, 0.5) is 11.8 Å². The normalized spacial score (nSPS) is 19.3. The summed E-state index contributed by atoms with van der Waals surface area (Å²) < 4.78 is 0.646. The minimum absolute atomic E-state index is 0.100. The molecule has 0 radical (unpaired) electrons. The van der Waals surface area contributed by atoms with Crippen LogP contribution in [-0.4, -0.2) is 41.4 Å². The van der Waals surface area contributed by atoms with Gasteiger partial charge in [0.1, 0.15) is 11.9 Å². The third-order valence-electron chi connectivity index (χ3n) is 2.86. The Hall–Kier alpha value is -1.70. The maximum absolute atomic E-state index is 11.8. The van der Waals surface area contributed by atoms with Crippen molar-refractivity contribution >= 4 is 39.5 Å². The molecule has 1 unspecified atom stereocenters. The van der Waals surface area contributed by atoms with E-state index >= 15 is 0 Å². The molecule has 7 nitrogen and oxygen atoms in total. The third-order valence-corrected chi connectivity index (χ3v) is 3.42. The lowest BCUT2D eigenvalue weighted by Gasteiger charge is -2.34. The van der Waals surface area contributed by atoms with Crippen molar-refractivity contribution in [1.29, 1.82) is 0 Å². The van der Waals surface area contributed by atoms with Gasteiger partial charge in [0.2, 0.25) is 17.8 Å². The smallest absolute Gasteiger partial charge is 0.249 e. The molecule has 1 aliphatic rings. The Bertz CT molecular complexity index is 522. The van der Waals surface area contributed by atoms with Crippen LogP contribution in [0.25, 0.3) is 0 Å². The number of halogens is 1. The van der Waals surface area contributed by atoms with Crippen LogP contribution in [-0.2, 0) is 9.59 Å². The van der Waals surface area contributed by atoms with Crippen molar-refractivity contribution in [2.24, 2.45) is 0 Å². The molecule has 1 saturated heterocycles. The molecular weight excluding hydrogens is 314 g/mol. The summed E-state index contributed by atoms with van der Waals surface area (Å²) in [5, 5.41) is 5.17. The molecule has 0 saturated carbocycles. The van der Waals surface area contributed by atoms with E-state index in [1.807, 2.05) is 6.92 Å². The predicted molar refractivity (Wildman–Crippen MR) is 73.9 cm³/mol. The fraction of sp³-hybridized carbons (Fsp3) is 0.455. The molecule has 1 aromatic heterocycles. The minimum Gasteiger partial charge on any atom is -0.357 e. The summed E-state index contributed by atoms with van der Waals surface area (Å²) in [6.07, 6.45) is 2.18. The Kier molecular flexibility index (Phi) is 3.98. The molecule has 0 bridgehead atoms. The van der Waals surface area contributed by atoms with Crippen molar-refractivity contribution in [3.05, 3.63) is 10.7 Å². The number of aromatic nitrogens is 2. The zero-order valence-corrected chi connectivity index (χ0v) is 12.2. The molecular formula is C11H14BrN5O2. The van der Waals surface area contributed by atoms with Gasteiger partial charge in [-0.3, -0.25) is 14.9 Å². The quantitative estimate of drug-likeness (QED) is 0.787. The van der Waals surface area contributed by atoms with Crippen molar-refractivity contribution < 1.29 is 9.59 Å². The van der Waals surface area contributed by atoms with Crippen LogP contribution >= 0.6 is 15.9 Å². The first-order valence-electron chi connectivity index (χ1n) is 5.87. The molecule has 1 atom stereocenters. The first kappa shape index (κ1) is 13.7. The van der Waals surface area contributed by atoms with E-state index in [1.54, 1.807) is 18.1 Å². The lowest BCUT2D eigenvalue weighted by molar-refractivity contribution is -0.132. The van der Waals surface area contributed by atoms with E-state index in [4.69, 9.17) is 0 Å². The van der Waals surface area contributed by atoms with Crippen LogP contribution in [0.3, 0.4) is 0 Å². The second-order valence-electron chi connectivity index (χ2n) is 4.08. The summed E-state index contributed by atoms with van der Waals surface area (Å²) >= 11 is 3.35. The van der Waals surface area contributed by atoms with Crippen molar-refractivity contribution in [2.75, 3.05) is 23.8 Å². The molecule has 0 aromatic carbocycles. The number of amides is 2. The molecule has 1 fully saturated rings. The highest BCUT2D eigenvalue weighted by atomic mass is 79.9. The number of carbonyl (C=O) groups is 2. The molecule has 2 N–H and O–H groups in total. The largest absolute Gasteiger partial charge is 0.357 e. The number of piperazine rings is 1. The van der Waals surface area contributed by atoms with E-state index in [2.05, 4.69) is 36.5 Å². The topological polar surface area (TPSA) is 87.2 Å². The number of rotatable bonds is 3. The van der Waals surface area contributed by atoms with Crippen molar-refractivity contribution in [3.8, 4) is 0 Å². The molecule has 8 heteroatoms. The van der Waals surface area contributed by atoms with Crippen molar-refractivity contribution in [2.45, 2.75) is 19.4 Å². The van der Waals surface area contributed by atoms with Gasteiger partial charge in [-0.15, -0.1) is 0 Å². The number of nitrogens with zero attached hydrogens (tertiary/aromatic N) is 3. The van der Waals surface area contributed by atoms with Gasteiger partial charge in [-0.05, 0) is 22.4 Å². The highest BCUT2D eigenvalue weighted by molar-refractivity contribution is 9.10. The molecule has 102 valence electrons. The molecule has 19 heavy (non-hydrogen) atoms. The monoisotopic (exact) mass is 327 g/mol. The van der Waals surface area contributed by atoms with Gasteiger partial charge in [-0.25, -0.2) is 4.98 Å². The van der Waals surface area contributed by atoms with E-state index in [9.17, 15) is 9.59 Å². The van der Waals surface area contributed by atoms with Gasteiger partial charge < -0.3 is 10.2 Å². The Balaban J connectivity index is 2.42. The average molecular weight is 328 g/mol. The highest BCUT2D eigenvalue weighted by Crippen LogP contribution is 2.27. The van der Waals surface area contributed by atoms with Crippen LogP contribution in [0.2, 0.25) is 0 Å². The highest BCUT2D eigenvalue weighted by Gasteiger charge is 2.34. The van der Waals surface area contributed by atoms with E-state index < -0.39 is 6.04 Å². The summed E-state index contributed by atoms with van der Waals surface area (Å²) in [4.78, 5) is 33.4. The zero-order valence-electron chi connectivity index (χ0n) is 10.6. The summed E-state index contributed by atoms with van der Waals surface area (Å²) in [6.45, 7) is 1.99. The second-order valence-corrected chi connectivity index (χ2v) is 4.93. The number of nitrogens with one attached hydrogen (secondary N) is 2. The van der Waals surface area contributed by atoms with Gasteiger partial charge in [0.15, 0.2) is 0 Å². The lowest BCUT2D eigenvalue weighted by atomic mass is 10.1. The Morgan fingerprint density at radius 2 is 2.32 bits per heavy atom. The van der Waals surface area contributed by atoms with Crippen LogP contribution in [0, 0.1) is 0 Å². The van der Waals surface area contributed by atoms with Crippen LogP contribution in [0.1, 0.15) is 13.3 Å². The number of anilines is 2. The van der Waals surface area contributed by atoms with E-state index in [0.29, 0.717) is 22.7 Å². The SMILES string of the molecule is CCC1C(=O)NC(=O)CN1c1nc(NC)ncc1Br. The summed E-state index contributed by atoms with van der Waals surface area (Å²) in [5.41, 5.74) is 0. The first-order valence-corrected chi connectivity index (χ1v) is 6.66. The second kappa shape index (κ2) is 5.52. The molecule has 2 amide bonds. The molecule has 0 aliphatic carbocycles. The van der Waals surface area contributed by atoms with E-state index in [0.717, 1.165) is 0 Å². The summed E-state index contributed by atoms with van der Waals surface area (Å²) in [7, 11) is 1.71. The number of hydrogen-bond acceptors (Lipinski definition) is 6. The predicted octanol–water partition coefficient (Wildman–Crippen LogP) is 0.522. The molecule has 1 aliphatic heterocycles. The van der Waals surface area contributed by atoms with Gasteiger partial charge in [0, 0.05) is 13.2 Å². The van der Waals surface area contributed by atoms with Crippen LogP contribution < -0.4 is 15.5 Å². The fourth-order valence-electron chi connectivity index (χ4n) is 1.97. The third kappa shape index (κ3) is 2.67. The van der Waals surface area contributed by atoms with Gasteiger partial charge in [0.25, 0.3) is 0 Å². The standard InChI is InChI=1S/C11H14BrN5O2/c1-3-7-10(19)15-8(18)5-17(7)9-6(12)4-14-11(13-2)16-9/h4,7H,3,5H2,1-2H3,(H,13,14,16)(H,15,18,19). The number of imide groups is 1. The summed E-state index contributed by atoms with van der Waals surface area (Å²) in [6, 6.07) is -0.409. The van der Waals surface area contributed by atoms with Gasteiger partial charge in [-0.2, -0.15) is 4.98 Å². The van der Waals surface area contributed by atoms with E-state index in [-0.39, 0.29) is 18.4 Å². The van der Waals surface area contributed by atoms with Crippen molar-refractivity contribution in [1.82, 2.24) is 15.3 Å². The number of hydrogen-bond donors (Lipinski definition) is 2. The molecule has 0 spiro atoms. The Morgan fingerprint density at radius 1 is 1.58 bits per heavy atom. The van der Waals surface area contributed by atoms with Gasteiger partial charge in [0.05, 0.1) is 11.0 Å². The van der Waals surface area contributed by atoms with E-state index in [1.165, 1.54) is 0 Å². The fourth-order valence-corrected chi connectivity index (χ4v) is 2.39. The molecule has 1 aromatic rings. The maximum atomic E-state index is 11.8. The zero-order chi connectivity index (χ0) is 14.0. The minimum atomic E-state index is -0.409. The van der Waals surface area contributed by atoms with Gasteiger partial charge >= 0.3 is 0 Å². The van der Waals surface area contributed by atoms with Gasteiger partial charge in [-0.1, -0.05) is 6.92 Å². The Labute approximate surface area is 118 Å². The maximum Gasteiger partial charge on any atom is 0.249 e. The van der Waals surface area contributed by atoms with Crippen LogP contribution in [0.5, 0.6) is 0 Å². The Morgan fingerprint density at radius 3 is 2.95 bits per heavy atom.